The molecule has 0 bridgehead atoms. The lowest BCUT2D eigenvalue weighted by Crippen LogP contribution is -2.37. The second-order valence-corrected chi connectivity index (χ2v) is 5.09. The number of nitrogens with two attached hydrogens (primary N) is 1. The van der Waals surface area contributed by atoms with Crippen molar-refractivity contribution in [1.82, 2.24) is 4.90 Å². The average molecular weight is 258 g/mol. The number of amides is 1. The van der Waals surface area contributed by atoms with Crippen molar-refractivity contribution in [2.24, 2.45) is 11.7 Å². The number of hydrogen-bond donors (Lipinski definition) is 1. The minimum Gasteiger partial charge on any atom is -0.339 e. The Kier molecular flexibility index (Phi) is 5.16. The summed E-state index contributed by atoms with van der Waals surface area (Å²) in [6.45, 7) is 2.48. The molecule has 1 fully saturated rings. The highest BCUT2D eigenvalue weighted by atomic mass is 16.2. The van der Waals surface area contributed by atoms with E-state index in [2.05, 4.69) is 0 Å². The summed E-state index contributed by atoms with van der Waals surface area (Å²) in [5.74, 6) is 0.821. The van der Waals surface area contributed by atoms with E-state index in [0.717, 1.165) is 44.5 Å². The summed E-state index contributed by atoms with van der Waals surface area (Å²) in [5, 5.41) is 0. The molecular formula is C16H22N2O. The van der Waals surface area contributed by atoms with Crippen molar-refractivity contribution in [2.45, 2.75) is 19.3 Å². The highest BCUT2D eigenvalue weighted by Crippen LogP contribution is 2.20. The van der Waals surface area contributed by atoms with Crippen molar-refractivity contribution >= 4 is 12.0 Å². The van der Waals surface area contributed by atoms with Crippen molar-refractivity contribution in [3.05, 3.63) is 42.0 Å². The molecule has 0 unspecified atom stereocenters. The van der Waals surface area contributed by atoms with Gasteiger partial charge in [-0.05, 0) is 43.4 Å². The number of rotatable bonds is 4. The first kappa shape index (κ1) is 13.8. The van der Waals surface area contributed by atoms with Gasteiger partial charge in [0.25, 0.3) is 0 Å². The topological polar surface area (TPSA) is 46.3 Å². The molecule has 2 N–H and O–H groups in total. The van der Waals surface area contributed by atoms with Gasteiger partial charge in [-0.25, -0.2) is 0 Å². The Bertz CT molecular complexity index is 420. The number of likely N-dealkylation sites (tertiary alicyclic amines) is 1. The van der Waals surface area contributed by atoms with Crippen LogP contribution in [0.3, 0.4) is 0 Å². The molecule has 1 aromatic rings. The summed E-state index contributed by atoms with van der Waals surface area (Å²) >= 11 is 0. The van der Waals surface area contributed by atoms with E-state index in [9.17, 15) is 4.79 Å². The van der Waals surface area contributed by atoms with Crippen LogP contribution in [0.25, 0.3) is 6.08 Å². The number of piperidine rings is 1. The fraction of sp³-hybridized carbons (Fsp3) is 0.438. The van der Waals surface area contributed by atoms with Gasteiger partial charge in [0.2, 0.25) is 5.91 Å². The number of nitrogens with zero attached hydrogens (tertiary/aromatic N) is 1. The highest BCUT2D eigenvalue weighted by molar-refractivity contribution is 5.91. The first-order valence-electron chi connectivity index (χ1n) is 7.01. The van der Waals surface area contributed by atoms with E-state index in [1.807, 2.05) is 41.3 Å². The van der Waals surface area contributed by atoms with E-state index in [0.29, 0.717) is 5.92 Å². The maximum Gasteiger partial charge on any atom is 0.246 e. The van der Waals surface area contributed by atoms with E-state index in [1.165, 1.54) is 0 Å². The van der Waals surface area contributed by atoms with Gasteiger partial charge < -0.3 is 10.6 Å². The average Bonchev–Trinajstić information content (AvgIpc) is 2.47. The second kappa shape index (κ2) is 7.10. The molecule has 1 saturated heterocycles. The lowest BCUT2D eigenvalue weighted by atomic mass is 9.93. The number of carbonyl (C=O) groups excluding carboxylic acids is 1. The fourth-order valence-electron chi connectivity index (χ4n) is 2.51. The molecule has 3 heteroatoms. The molecule has 0 aliphatic carbocycles. The smallest absolute Gasteiger partial charge is 0.246 e. The van der Waals surface area contributed by atoms with Crippen LogP contribution in [0.4, 0.5) is 0 Å². The molecule has 3 nitrogen and oxygen atoms in total. The third kappa shape index (κ3) is 4.21. The van der Waals surface area contributed by atoms with Crippen LogP contribution in [-0.2, 0) is 4.79 Å². The standard InChI is InChI=1S/C16H22N2O/c17-11-8-15-9-12-18(13-10-15)16(19)7-6-14-4-2-1-3-5-14/h1-7,15H,8-13,17H2. The van der Waals surface area contributed by atoms with Crippen molar-refractivity contribution in [3.8, 4) is 0 Å². The summed E-state index contributed by atoms with van der Waals surface area (Å²) in [6.07, 6.45) is 6.82. The van der Waals surface area contributed by atoms with Crippen molar-refractivity contribution in [2.75, 3.05) is 19.6 Å². The summed E-state index contributed by atoms with van der Waals surface area (Å²) in [4.78, 5) is 14.0. The van der Waals surface area contributed by atoms with Crippen LogP contribution in [0.2, 0.25) is 0 Å². The molecule has 1 aliphatic heterocycles. The molecule has 2 rings (SSSR count). The van der Waals surface area contributed by atoms with Gasteiger partial charge in [0.15, 0.2) is 0 Å². The lowest BCUT2D eigenvalue weighted by molar-refractivity contribution is -0.127. The van der Waals surface area contributed by atoms with E-state index in [-0.39, 0.29) is 5.91 Å². The van der Waals surface area contributed by atoms with Crippen molar-refractivity contribution in [3.63, 3.8) is 0 Å². The quantitative estimate of drug-likeness (QED) is 0.842. The predicted molar refractivity (Wildman–Crippen MR) is 78.5 cm³/mol. The minimum absolute atomic E-state index is 0.120. The summed E-state index contributed by atoms with van der Waals surface area (Å²) in [7, 11) is 0. The molecule has 1 aliphatic rings. The van der Waals surface area contributed by atoms with Gasteiger partial charge in [-0.2, -0.15) is 0 Å². The van der Waals surface area contributed by atoms with Gasteiger partial charge in [0.05, 0.1) is 0 Å². The zero-order chi connectivity index (χ0) is 13.5. The molecule has 0 atom stereocenters. The molecular weight excluding hydrogens is 236 g/mol. The first-order chi connectivity index (χ1) is 9.29. The van der Waals surface area contributed by atoms with Gasteiger partial charge in [0, 0.05) is 19.2 Å². The van der Waals surface area contributed by atoms with Crippen LogP contribution in [0.1, 0.15) is 24.8 Å². The monoisotopic (exact) mass is 258 g/mol. The number of carbonyl (C=O) groups is 1. The number of benzene rings is 1. The van der Waals surface area contributed by atoms with Crippen LogP contribution in [0.5, 0.6) is 0 Å². The Labute approximate surface area is 115 Å². The molecule has 0 saturated carbocycles. The zero-order valence-electron chi connectivity index (χ0n) is 11.3. The maximum atomic E-state index is 12.1. The van der Waals surface area contributed by atoms with Gasteiger partial charge in [0.1, 0.15) is 0 Å². The molecule has 1 amide bonds. The Morgan fingerprint density at radius 3 is 2.58 bits per heavy atom. The SMILES string of the molecule is NCCC1CCN(C(=O)C=Cc2ccccc2)CC1. The van der Waals surface area contributed by atoms with Crippen LogP contribution in [-0.4, -0.2) is 30.4 Å². The van der Waals surface area contributed by atoms with Gasteiger partial charge in [-0.3, -0.25) is 4.79 Å². The predicted octanol–water partition coefficient (Wildman–Crippen LogP) is 2.29. The molecule has 0 radical (unpaired) electrons. The van der Waals surface area contributed by atoms with Crippen LogP contribution >= 0.6 is 0 Å². The zero-order valence-corrected chi connectivity index (χ0v) is 11.3. The van der Waals surface area contributed by atoms with Gasteiger partial charge >= 0.3 is 0 Å². The van der Waals surface area contributed by atoms with Crippen molar-refractivity contribution < 1.29 is 4.79 Å². The third-order valence-corrected chi connectivity index (χ3v) is 3.72. The minimum atomic E-state index is 0.120. The molecule has 0 aromatic heterocycles. The van der Waals surface area contributed by atoms with E-state index in [4.69, 9.17) is 5.73 Å². The van der Waals surface area contributed by atoms with E-state index < -0.39 is 0 Å². The Morgan fingerprint density at radius 1 is 1.26 bits per heavy atom. The summed E-state index contributed by atoms with van der Waals surface area (Å²) in [5.41, 5.74) is 6.64. The molecule has 102 valence electrons. The Balaban J connectivity index is 1.83. The lowest BCUT2D eigenvalue weighted by Gasteiger charge is -2.31. The van der Waals surface area contributed by atoms with Gasteiger partial charge in [-0.1, -0.05) is 30.3 Å². The van der Waals surface area contributed by atoms with E-state index in [1.54, 1.807) is 6.08 Å². The Hall–Kier alpha value is -1.61. The molecule has 19 heavy (non-hydrogen) atoms. The third-order valence-electron chi connectivity index (χ3n) is 3.72. The molecule has 1 heterocycles. The highest BCUT2D eigenvalue weighted by Gasteiger charge is 2.20. The maximum absolute atomic E-state index is 12.1. The normalized spacial score (nSPS) is 17.0. The summed E-state index contributed by atoms with van der Waals surface area (Å²) in [6, 6.07) is 9.92. The largest absolute Gasteiger partial charge is 0.339 e. The molecule has 0 spiro atoms. The van der Waals surface area contributed by atoms with Crippen LogP contribution in [0, 0.1) is 5.92 Å². The Morgan fingerprint density at radius 2 is 1.95 bits per heavy atom. The van der Waals surface area contributed by atoms with E-state index >= 15 is 0 Å². The first-order valence-corrected chi connectivity index (χ1v) is 7.01. The second-order valence-electron chi connectivity index (χ2n) is 5.09. The fourth-order valence-corrected chi connectivity index (χ4v) is 2.51. The number of hydrogen-bond acceptors (Lipinski definition) is 2. The molecule has 1 aromatic carbocycles. The van der Waals surface area contributed by atoms with Crippen molar-refractivity contribution in [1.29, 1.82) is 0 Å². The van der Waals surface area contributed by atoms with Crippen LogP contribution < -0.4 is 5.73 Å². The van der Waals surface area contributed by atoms with Gasteiger partial charge in [-0.15, -0.1) is 0 Å². The summed E-state index contributed by atoms with van der Waals surface area (Å²) < 4.78 is 0. The van der Waals surface area contributed by atoms with Crippen LogP contribution in [0.15, 0.2) is 36.4 Å².